The van der Waals surface area contributed by atoms with Gasteiger partial charge in [-0.2, -0.15) is 0 Å². The van der Waals surface area contributed by atoms with Crippen LogP contribution >= 0.6 is 11.6 Å². The molecule has 0 aromatic heterocycles. The maximum absolute atomic E-state index is 12.2. The van der Waals surface area contributed by atoms with Gasteiger partial charge in [-0.1, -0.05) is 29.8 Å². The summed E-state index contributed by atoms with van der Waals surface area (Å²) in [7, 11) is -3.39. The average Bonchev–Trinajstić information content (AvgIpc) is 2.50. The Hall–Kier alpha value is -2.25. The average molecular weight is 367 g/mol. The third-order valence-corrected chi connectivity index (χ3v) is 4.47. The summed E-state index contributed by atoms with van der Waals surface area (Å²) in [4.78, 5) is 13.8. The molecule has 0 aliphatic carbocycles. The highest BCUT2D eigenvalue weighted by atomic mass is 35.5. The van der Waals surface area contributed by atoms with E-state index < -0.39 is 10.0 Å². The van der Waals surface area contributed by atoms with Gasteiger partial charge < -0.3 is 9.64 Å². The predicted molar refractivity (Wildman–Crippen MR) is 93.0 cm³/mol. The van der Waals surface area contributed by atoms with Gasteiger partial charge in [-0.25, -0.2) is 8.42 Å². The number of carbonyl (C=O) groups is 1. The molecule has 0 fully saturated rings. The van der Waals surface area contributed by atoms with Crippen molar-refractivity contribution in [2.24, 2.45) is 0 Å². The van der Waals surface area contributed by atoms with Gasteiger partial charge in [-0.3, -0.25) is 9.52 Å². The second-order valence-corrected chi connectivity index (χ2v) is 7.57. The molecule has 2 aromatic carbocycles. The molecule has 8 heteroatoms. The van der Waals surface area contributed by atoms with E-state index in [1.54, 1.807) is 29.2 Å². The first kappa shape index (κ1) is 16.6. The van der Waals surface area contributed by atoms with Crippen molar-refractivity contribution >= 4 is 38.9 Å². The van der Waals surface area contributed by atoms with Gasteiger partial charge in [0.1, 0.15) is 5.75 Å². The van der Waals surface area contributed by atoms with E-state index in [4.69, 9.17) is 16.3 Å². The van der Waals surface area contributed by atoms with Gasteiger partial charge in [0.05, 0.1) is 24.2 Å². The molecular formula is C16H15ClN2O4S. The van der Waals surface area contributed by atoms with Crippen LogP contribution in [0.15, 0.2) is 42.5 Å². The van der Waals surface area contributed by atoms with Crippen molar-refractivity contribution in [3.05, 3.63) is 53.1 Å². The first-order valence-electron chi connectivity index (χ1n) is 7.12. The summed E-state index contributed by atoms with van der Waals surface area (Å²) in [5.41, 5.74) is 1.77. The summed E-state index contributed by atoms with van der Waals surface area (Å²) < 4.78 is 30.5. The van der Waals surface area contributed by atoms with Crippen molar-refractivity contribution < 1.29 is 17.9 Å². The fourth-order valence-electron chi connectivity index (χ4n) is 2.45. The Bertz CT molecular complexity index is 899. The van der Waals surface area contributed by atoms with Crippen LogP contribution in [0.3, 0.4) is 0 Å². The van der Waals surface area contributed by atoms with E-state index in [2.05, 4.69) is 4.72 Å². The Morgan fingerprint density at radius 2 is 2.00 bits per heavy atom. The second kappa shape index (κ2) is 6.33. The van der Waals surface area contributed by atoms with Crippen molar-refractivity contribution in [1.82, 2.24) is 0 Å². The van der Waals surface area contributed by atoms with Crippen LogP contribution < -0.4 is 14.4 Å². The zero-order chi connectivity index (χ0) is 17.3. The minimum atomic E-state index is -3.39. The third-order valence-electron chi connectivity index (χ3n) is 3.49. The lowest BCUT2D eigenvalue weighted by atomic mass is 10.1. The number of amides is 1. The quantitative estimate of drug-likeness (QED) is 0.902. The van der Waals surface area contributed by atoms with Gasteiger partial charge in [-0.05, 0) is 23.8 Å². The molecule has 1 aliphatic heterocycles. The normalized spacial score (nSPS) is 14.1. The van der Waals surface area contributed by atoms with Gasteiger partial charge in [0, 0.05) is 11.1 Å². The summed E-state index contributed by atoms with van der Waals surface area (Å²) in [6, 6.07) is 12.1. The summed E-state index contributed by atoms with van der Waals surface area (Å²) in [5, 5.41) is 0.578. The second-order valence-electron chi connectivity index (χ2n) is 5.42. The summed E-state index contributed by atoms with van der Waals surface area (Å²) in [5.74, 6) is 0.251. The van der Waals surface area contributed by atoms with Crippen LogP contribution in [0.2, 0.25) is 5.02 Å². The van der Waals surface area contributed by atoms with E-state index in [0.29, 0.717) is 28.7 Å². The van der Waals surface area contributed by atoms with Crippen LogP contribution in [0.1, 0.15) is 5.56 Å². The standard InChI is InChI=1S/C16H15ClN2O4S/c1-24(21,22)18-12-6-7-14-15(8-12)23-10-16(20)19(14)9-11-4-2-3-5-13(11)17/h2-8,18H,9-10H2,1H3. The molecule has 6 nitrogen and oxygen atoms in total. The maximum atomic E-state index is 12.2. The molecule has 0 spiro atoms. The van der Waals surface area contributed by atoms with Crippen molar-refractivity contribution in [1.29, 1.82) is 0 Å². The molecule has 1 N–H and O–H groups in total. The Balaban J connectivity index is 1.93. The molecule has 0 saturated heterocycles. The molecule has 2 aromatic rings. The molecule has 24 heavy (non-hydrogen) atoms. The molecule has 3 rings (SSSR count). The molecule has 126 valence electrons. The fraction of sp³-hybridized carbons (Fsp3) is 0.188. The largest absolute Gasteiger partial charge is 0.481 e. The topological polar surface area (TPSA) is 75.7 Å². The monoisotopic (exact) mass is 366 g/mol. The van der Waals surface area contributed by atoms with Gasteiger partial charge in [-0.15, -0.1) is 0 Å². The highest BCUT2D eigenvalue weighted by Crippen LogP contribution is 2.36. The number of rotatable bonds is 4. The van der Waals surface area contributed by atoms with E-state index in [0.717, 1.165) is 11.8 Å². The third kappa shape index (κ3) is 3.63. The SMILES string of the molecule is CS(=O)(=O)Nc1ccc2c(c1)OCC(=O)N2Cc1ccccc1Cl. The van der Waals surface area contributed by atoms with Crippen LogP contribution in [0.4, 0.5) is 11.4 Å². The molecule has 0 saturated carbocycles. The number of halogens is 1. The number of ether oxygens (including phenoxy) is 1. The number of nitrogens with zero attached hydrogens (tertiary/aromatic N) is 1. The number of carbonyl (C=O) groups excluding carboxylic acids is 1. The van der Waals surface area contributed by atoms with Crippen LogP contribution in [-0.4, -0.2) is 27.2 Å². The lowest BCUT2D eigenvalue weighted by molar-refractivity contribution is -0.121. The van der Waals surface area contributed by atoms with Crippen LogP contribution in [0, 0.1) is 0 Å². The van der Waals surface area contributed by atoms with Crippen LogP contribution in [0.25, 0.3) is 0 Å². The number of anilines is 2. The summed E-state index contributed by atoms with van der Waals surface area (Å²) in [6.45, 7) is 0.202. The predicted octanol–water partition coefficient (Wildman–Crippen LogP) is 2.64. The first-order chi connectivity index (χ1) is 11.3. The van der Waals surface area contributed by atoms with Crippen molar-refractivity contribution in [2.75, 3.05) is 22.5 Å². The summed E-state index contributed by atoms with van der Waals surface area (Å²) in [6.07, 6.45) is 1.07. The minimum absolute atomic E-state index is 0.111. The van der Waals surface area contributed by atoms with E-state index in [1.807, 2.05) is 18.2 Å². The maximum Gasteiger partial charge on any atom is 0.265 e. The molecule has 0 atom stereocenters. The van der Waals surface area contributed by atoms with Gasteiger partial charge >= 0.3 is 0 Å². The van der Waals surface area contributed by atoms with E-state index >= 15 is 0 Å². The Morgan fingerprint density at radius 3 is 2.71 bits per heavy atom. The fourth-order valence-corrected chi connectivity index (χ4v) is 3.20. The van der Waals surface area contributed by atoms with Gasteiger partial charge in [0.15, 0.2) is 6.61 Å². The highest BCUT2D eigenvalue weighted by molar-refractivity contribution is 7.92. The lowest BCUT2D eigenvalue weighted by Crippen LogP contribution is -2.38. The van der Waals surface area contributed by atoms with Crippen LogP contribution in [0.5, 0.6) is 5.75 Å². The van der Waals surface area contributed by atoms with Gasteiger partial charge in [0.2, 0.25) is 10.0 Å². The molecular weight excluding hydrogens is 352 g/mol. The van der Waals surface area contributed by atoms with Crippen molar-refractivity contribution in [3.63, 3.8) is 0 Å². The number of sulfonamides is 1. The molecule has 0 unspecified atom stereocenters. The molecule has 1 heterocycles. The van der Waals surface area contributed by atoms with Crippen LogP contribution in [-0.2, 0) is 21.4 Å². The highest BCUT2D eigenvalue weighted by Gasteiger charge is 2.26. The van der Waals surface area contributed by atoms with Crippen molar-refractivity contribution in [3.8, 4) is 5.75 Å². The van der Waals surface area contributed by atoms with Gasteiger partial charge in [0.25, 0.3) is 5.91 Å². The van der Waals surface area contributed by atoms with E-state index in [9.17, 15) is 13.2 Å². The van der Waals surface area contributed by atoms with E-state index in [-0.39, 0.29) is 12.5 Å². The minimum Gasteiger partial charge on any atom is -0.481 e. The smallest absolute Gasteiger partial charge is 0.265 e. The number of benzene rings is 2. The number of hydrogen-bond acceptors (Lipinski definition) is 4. The van der Waals surface area contributed by atoms with Crippen molar-refractivity contribution in [2.45, 2.75) is 6.54 Å². The molecule has 1 aliphatic rings. The summed E-state index contributed by atoms with van der Waals surface area (Å²) >= 11 is 6.17. The zero-order valence-electron chi connectivity index (χ0n) is 12.8. The first-order valence-corrected chi connectivity index (χ1v) is 9.39. The number of nitrogens with one attached hydrogen (secondary N) is 1. The molecule has 0 radical (unpaired) electrons. The zero-order valence-corrected chi connectivity index (χ0v) is 14.4. The lowest BCUT2D eigenvalue weighted by Gasteiger charge is -2.30. The molecule has 1 amide bonds. The van der Waals surface area contributed by atoms with E-state index in [1.165, 1.54) is 0 Å². The molecule has 0 bridgehead atoms. The number of hydrogen-bond donors (Lipinski definition) is 1. The number of fused-ring (bicyclic) bond motifs is 1. The Kier molecular flexibility index (Phi) is 4.38. The Morgan fingerprint density at radius 1 is 1.25 bits per heavy atom. The Labute approximate surface area is 145 Å².